The van der Waals surface area contributed by atoms with E-state index in [4.69, 9.17) is 14.7 Å². The van der Waals surface area contributed by atoms with Gasteiger partial charge in [-0.2, -0.15) is 5.26 Å². The second-order valence-corrected chi connectivity index (χ2v) is 6.28. The van der Waals surface area contributed by atoms with Gasteiger partial charge in [-0.3, -0.25) is 0 Å². The fourth-order valence-corrected chi connectivity index (χ4v) is 2.31. The molecule has 2 rings (SSSR count). The summed E-state index contributed by atoms with van der Waals surface area (Å²) in [6.45, 7) is 6.58. The molecule has 0 N–H and O–H groups in total. The van der Waals surface area contributed by atoms with E-state index < -0.39 is 5.60 Å². The van der Waals surface area contributed by atoms with Crippen molar-refractivity contribution in [3.63, 3.8) is 0 Å². The van der Waals surface area contributed by atoms with E-state index in [0.29, 0.717) is 24.6 Å². The van der Waals surface area contributed by atoms with Crippen molar-refractivity contribution in [1.82, 2.24) is 9.88 Å². The molecule has 1 aliphatic rings. The third kappa shape index (κ3) is 4.35. The Hall–Kier alpha value is -2.29. The van der Waals surface area contributed by atoms with Crippen molar-refractivity contribution in [3.8, 4) is 11.9 Å². The Morgan fingerprint density at radius 1 is 1.55 bits per heavy atom. The summed E-state index contributed by atoms with van der Waals surface area (Å²) >= 11 is 0. The first-order chi connectivity index (χ1) is 10.4. The normalized spacial score (nSPS) is 17.9. The van der Waals surface area contributed by atoms with Crippen LogP contribution in [0.15, 0.2) is 18.3 Å². The molecule has 2 heterocycles. The van der Waals surface area contributed by atoms with Gasteiger partial charge in [0.25, 0.3) is 0 Å². The van der Waals surface area contributed by atoms with Crippen LogP contribution in [-0.2, 0) is 4.74 Å². The average molecular weight is 303 g/mol. The number of carbonyl (C=O) groups is 1. The molecule has 0 saturated carbocycles. The fourth-order valence-electron chi connectivity index (χ4n) is 2.31. The van der Waals surface area contributed by atoms with Crippen LogP contribution >= 0.6 is 0 Å². The molecule has 1 aliphatic heterocycles. The number of amides is 1. The maximum Gasteiger partial charge on any atom is 0.410 e. The molecular formula is C16H21N3O3. The number of hydrogen-bond donors (Lipinski definition) is 0. The highest BCUT2D eigenvalue weighted by atomic mass is 16.6. The second kappa shape index (κ2) is 6.65. The van der Waals surface area contributed by atoms with Crippen molar-refractivity contribution in [3.05, 3.63) is 23.9 Å². The van der Waals surface area contributed by atoms with Crippen LogP contribution in [0.1, 0.15) is 39.2 Å². The number of pyridine rings is 1. The molecule has 0 radical (unpaired) electrons. The van der Waals surface area contributed by atoms with E-state index in [2.05, 4.69) is 4.98 Å². The molecule has 1 fully saturated rings. The number of nitrogens with zero attached hydrogens (tertiary/aromatic N) is 3. The Balaban J connectivity index is 1.94. The molecule has 6 nitrogen and oxygen atoms in total. The summed E-state index contributed by atoms with van der Waals surface area (Å²) < 4.78 is 11.0. The molecule has 0 bridgehead atoms. The van der Waals surface area contributed by atoms with Crippen LogP contribution in [-0.4, -0.2) is 40.8 Å². The van der Waals surface area contributed by atoms with E-state index in [1.54, 1.807) is 17.0 Å². The van der Waals surface area contributed by atoms with Crippen molar-refractivity contribution in [2.75, 3.05) is 13.2 Å². The Labute approximate surface area is 130 Å². The molecule has 1 atom stereocenters. The quantitative estimate of drug-likeness (QED) is 0.858. The van der Waals surface area contributed by atoms with Gasteiger partial charge in [0.1, 0.15) is 12.2 Å². The minimum Gasteiger partial charge on any atom is -0.475 e. The van der Waals surface area contributed by atoms with E-state index in [0.717, 1.165) is 12.8 Å². The maximum absolute atomic E-state index is 12.2. The number of likely N-dealkylation sites (tertiary alicyclic amines) is 1. The Morgan fingerprint density at radius 2 is 2.32 bits per heavy atom. The van der Waals surface area contributed by atoms with Gasteiger partial charge in [0.15, 0.2) is 0 Å². The number of nitriles is 1. The summed E-state index contributed by atoms with van der Waals surface area (Å²) in [6.07, 6.45) is 3.03. The van der Waals surface area contributed by atoms with Crippen molar-refractivity contribution in [2.24, 2.45) is 0 Å². The van der Waals surface area contributed by atoms with Gasteiger partial charge in [-0.15, -0.1) is 0 Å². The van der Waals surface area contributed by atoms with Crippen LogP contribution in [0.4, 0.5) is 4.79 Å². The van der Waals surface area contributed by atoms with Crippen LogP contribution in [0, 0.1) is 11.3 Å². The number of aromatic nitrogens is 1. The minimum absolute atomic E-state index is 0.0256. The van der Waals surface area contributed by atoms with Crippen molar-refractivity contribution in [2.45, 2.75) is 45.3 Å². The van der Waals surface area contributed by atoms with Crippen LogP contribution < -0.4 is 4.74 Å². The van der Waals surface area contributed by atoms with Gasteiger partial charge >= 0.3 is 6.09 Å². The lowest BCUT2D eigenvalue weighted by Gasteiger charge is -2.28. The SMILES string of the molecule is CC(C)(C)OC(=O)N1CCC[C@H]1COc1cc(C#N)ccn1. The van der Waals surface area contributed by atoms with Crippen LogP contribution in [0.25, 0.3) is 0 Å². The van der Waals surface area contributed by atoms with Crippen molar-refractivity contribution >= 4 is 6.09 Å². The number of carbonyl (C=O) groups excluding carboxylic acids is 1. The Bertz CT molecular complexity index is 575. The molecule has 0 aromatic carbocycles. The van der Waals surface area contributed by atoms with E-state index in [1.807, 2.05) is 26.8 Å². The van der Waals surface area contributed by atoms with Crippen LogP contribution in [0.3, 0.4) is 0 Å². The minimum atomic E-state index is -0.506. The number of ether oxygens (including phenoxy) is 2. The standard InChI is InChI=1S/C16H21N3O3/c1-16(2,3)22-15(20)19-8-4-5-13(19)11-21-14-9-12(10-17)6-7-18-14/h6-7,9,13H,4-5,8,11H2,1-3H3/t13-/m0/s1. The highest BCUT2D eigenvalue weighted by Crippen LogP contribution is 2.21. The van der Waals surface area contributed by atoms with E-state index in [9.17, 15) is 4.79 Å². The highest BCUT2D eigenvalue weighted by Gasteiger charge is 2.32. The van der Waals surface area contributed by atoms with Gasteiger partial charge in [0.2, 0.25) is 5.88 Å². The van der Waals surface area contributed by atoms with E-state index in [1.165, 1.54) is 6.20 Å². The first-order valence-corrected chi connectivity index (χ1v) is 7.37. The van der Waals surface area contributed by atoms with Crippen LogP contribution in [0.5, 0.6) is 5.88 Å². The molecule has 0 spiro atoms. The molecule has 6 heteroatoms. The molecule has 118 valence electrons. The summed E-state index contributed by atoms with van der Waals surface area (Å²) in [7, 11) is 0. The third-order valence-electron chi connectivity index (χ3n) is 3.29. The van der Waals surface area contributed by atoms with Gasteiger partial charge < -0.3 is 14.4 Å². The van der Waals surface area contributed by atoms with E-state index >= 15 is 0 Å². The van der Waals surface area contributed by atoms with Crippen molar-refractivity contribution < 1.29 is 14.3 Å². The fraction of sp³-hybridized carbons (Fsp3) is 0.562. The zero-order valence-corrected chi connectivity index (χ0v) is 13.2. The maximum atomic E-state index is 12.2. The molecule has 0 unspecified atom stereocenters. The largest absolute Gasteiger partial charge is 0.475 e. The van der Waals surface area contributed by atoms with Gasteiger partial charge in [-0.05, 0) is 39.7 Å². The van der Waals surface area contributed by atoms with Crippen molar-refractivity contribution in [1.29, 1.82) is 5.26 Å². The van der Waals surface area contributed by atoms with Gasteiger partial charge in [-0.1, -0.05) is 0 Å². The predicted octanol–water partition coefficient (Wildman–Crippen LogP) is 2.73. The molecule has 0 aliphatic carbocycles. The number of rotatable bonds is 3. The lowest BCUT2D eigenvalue weighted by molar-refractivity contribution is 0.0186. The van der Waals surface area contributed by atoms with Gasteiger partial charge in [0.05, 0.1) is 17.7 Å². The molecule has 1 saturated heterocycles. The zero-order valence-electron chi connectivity index (χ0n) is 13.2. The zero-order chi connectivity index (χ0) is 16.2. The van der Waals surface area contributed by atoms with Gasteiger partial charge in [0, 0.05) is 18.8 Å². The highest BCUT2D eigenvalue weighted by molar-refractivity contribution is 5.69. The first-order valence-electron chi connectivity index (χ1n) is 7.37. The smallest absolute Gasteiger partial charge is 0.410 e. The average Bonchev–Trinajstić information content (AvgIpc) is 2.92. The summed E-state index contributed by atoms with van der Waals surface area (Å²) in [5, 5.41) is 8.86. The van der Waals surface area contributed by atoms with Crippen LogP contribution in [0.2, 0.25) is 0 Å². The molecule has 22 heavy (non-hydrogen) atoms. The van der Waals surface area contributed by atoms with Gasteiger partial charge in [-0.25, -0.2) is 9.78 Å². The third-order valence-corrected chi connectivity index (χ3v) is 3.29. The lowest BCUT2D eigenvalue weighted by Crippen LogP contribution is -2.42. The lowest BCUT2D eigenvalue weighted by atomic mass is 10.2. The van der Waals surface area contributed by atoms with E-state index in [-0.39, 0.29) is 12.1 Å². The topological polar surface area (TPSA) is 75.4 Å². The summed E-state index contributed by atoms with van der Waals surface area (Å²) in [6, 6.07) is 5.23. The Kier molecular flexibility index (Phi) is 4.86. The summed E-state index contributed by atoms with van der Waals surface area (Å²) in [4.78, 5) is 17.9. The Morgan fingerprint density at radius 3 is 3.00 bits per heavy atom. The monoisotopic (exact) mass is 303 g/mol. The molecule has 1 aromatic rings. The summed E-state index contributed by atoms with van der Waals surface area (Å²) in [5.41, 5.74) is -0.00580. The molecule has 1 aromatic heterocycles. The first kappa shape index (κ1) is 16.1. The predicted molar refractivity (Wildman–Crippen MR) is 80.4 cm³/mol. The number of hydrogen-bond acceptors (Lipinski definition) is 5. The molecular weight excluding hydrogens is 282 g/mol. The molecule has 1 amide bonds. The summed E-state index contributed by atoms with van der Waals surface area (Å²) in [5.74, 6) is 0.398. The second-order valence-electron chi connectivity index (χ2n) is 6.28.